The molecule has 2 aliphatic heterocycles. The van der Waals surface area contributed by atoms with E-state index in [2.05, 4.69) is 36.4 Å². The summed E-state index contributed by atoms with van der Waals surface area (Å²) in [4.78, 5) is 15.9. The van der Waals surface area contributed by atoms with Crippen LogP contribution in [0.4, 0.5) is 0 Å². The van der Waals surface area contributed by atoms with Gasteiger partial charge in [-0.3, -0.25) is 4.79 Å². The molecule has 0 aromatic heterocycles. The molecular formula is C24H27NO3. The molecule has 4 atom stereocenters. The number of carbonyl (C=O) groups excluding carboxylic acids is 1. The van der Waals surface area contributed by atoms with E-state index in [0.29, 0.717) is 0 Å². The highest BCUT2D eigenvalue weighted by Gasteiger charge is 2.54. The van der Waals surface area contributed by atoms with E-state index < -0.39 is 5.72 Å². The van der Waals surface area contributed by atoms with Crippen LogP contribution in [0, 0.1) is 5.92 Å². The first kappa shape index (κ1) is 17.9. The molecule has 4 nitrogen and oxygen atoms in total. The zero-order chi connectivity index (χ0) is 19.3. The summed E-state index contributed by atoms with van der Waals surface area (Å²) in [7, 11) is 0. The van der Waals surface area contributed by atoms with E-state index in [1.165, 1.54) is 16.7 Å². The van der Waals surface area contributed by atoms with Crippen molar-refractivity contribution < 1.29 is 14.3 Å². The van der Waals surface area contributed by atoms with Crippen molar-refractivity contribution in [1.82, 2.24) is 4.90 Å². The van der Waals surface area contributed by atoms with E-state index >= 15 is 0 Å². The van der Waals surface area contributed by atoms with Gasteiger partial charge in [-0.1, -0.05) is 54.6 Å². The Hall–Kier alpha value is -2.17. The highest BCUT2D eigenvalue weighted by atomic mass is 16.6. The molecule has 2 aromatic carbocycles. The highest BCUT2D eigenvalue weighted by Crippen LogP contribution is 2.49. The van der Waals surface area contributed by atoms with E-state index in [0.717, 1.165) is 25.9 Å². The molecule has 0 radical (unpaired) electrons. The maximum Gasteiger partial charge on any atom is 0.228 e. The molecule has 2 saturated heterocycles. The molecule has 0 N–H and O–H groups in total. The molecule has 2 fully saturated rings. The molecule has 3 aliphatic rings. The first-order chi connectivity index (χ1) is 13.5. The molecule has 2 aromatic rings. The second-order valence-electron chi connectivity index (χ2n) is 8.74. The summed E-state index contributed by atoms with van der Waals surface area (Å²) in [6, 6.07) is 18.8. The topological polar surface area (TPSA) is 42.1 Å². The summed E-state index contributed by atoms with van der Waals surface area (Å²) in [5, 5.41) is 0. The van der Waals surface area contributed by atoms with Crippen molar-refractivity contribution >= 4 is 5.91 Å². The average Bonchev–Trinajstić information content (AvgIpc) is 3.37. The van der Waals surface area contributed by atoms with Gasteiger partial charge in [-0.25, -0.2) is 0 Å². The Bertz CT molecular complexity index is 874. The Morgan fingerprint density at radius 2 is 1.86 bits per heavy atom. The molecule has 4 heteroatoms. The third-order valence-electron chi connectivity index (χ3n) is 6.31. The summed E-state index contributed by atoms with van der Waals surface area (Å²) >= 11 is 0. The number of hydrogen-bond donors (Lipinski definition) is 0. The van der Waals surface area contributed by atoms with Gasteiger partial charge in [0.2, 0.25) is 5.91 Å². The quantitative estimate of drug-likeness (QED) is 0.743. The minimum atomic E-state index is -0.598. The molecule has 5 rings (SSSR count). The lowest BCUT2D eigenvalue weighted by atomic mass is 9.91. The summed E-state index contributed by atoms with van der Waals surface area (Å²) in [5.74, 6) is 0.0952. The normalized spacial score (nSPS) is 27.9. The van der Waals surface area contributed by atoms with Crippen LogP contribution in [0.2, 0.25) is 0 Å². The number of benzene rings is 2. The summed E-state index contributed by atoms with van der Waals surface area (Å²) in [5.41, 5.74) is 3.14. The molecule has 0 bridgehead atoms. The number of rotatable bonds is 5. The van der Waals surface area contributed by atoms with Crippen molar-refractivity contribution in [3.63, 3.8) is 0 Å². The predicted molar refractivity (Wildman–Crippen MR) is 107 cm³/mol. The summed E-state index contributed by atoms with van der Waals surface area (Å²) < 4.78 is 11.9. The van der Waals surface area contributed by atoms with Crippen LogP contribution in [-0.2, 0) is 27.1 Å². The zero-order valence-corrected chi connectivity index (χ0v) is 16.5. The molecule has 0 saturated carbocycles. The van der Waals surface area contributed by atoms with Crippen LogP contribution in [0.5, 0.6) is 0 Å². The van der Waals surface area contributed by atoms with Gasteiger partial charge in [0.1, 0.15) is 5.72 Å². The Morgan fingerprint density at radius 3 is 2.61 bits per heavy atom. The van der Waals surface area contributed by atoms with Crippen molar-refractivity contribution in [2.24, 2.45) is 5.92 Å². The number of hydrogen-bond acceptors (Lipinski definition) is 3. The molecule has 146 valence electrons. The summed E-state index contributed by atoms with van der Waals surface area (Å²) in [6.07, 6.45) is 2.66. The van der Waals surface area contributed by atoms with Gasteiger partial charge < -0.3 is 14.4 Å². The van der Waals surface area contributed by atoms with Gasteiger partial charge in [-0.05, 0) is 43.4 Å². The number of amides is 1. The minimum Gasteiger partial charge on any atom is -0.373 e. The van der Waals surface area contributed by atoms with Crippen LogP contribution < -0.4 is 0 Å². The van der Waals surface area contributed by atoms with Gasteiger partial charge in [0.05, 0.1) is 24.9 Å². The van der Waals surface area contributed by atoms with Crippen molar-refractivity contribution in [1.29, 1.82) is 0 Å². The lowest BCUT2D eigenvalue weighted by molar-refractivity contribution is -0.152. The van der Waals surface area contributed by atoms with E-state index in [1.807, 2.05) is 36.9 Å². The zero-order valence-electron chi connectivity index (χ0n) is 16.5. The number of epoxide rings is 1. The Kier molecular flexibility index (Phi) is 4.29. The standard InChI is InChI=1S/C24H27NO3/c1-24(2)25(22-20-11-7-6-10-17(20)14-21(22)28-24)23(26)18(13-19-15-27-19)12-16-8-4-3-5-9-16/h3-11,18-19,21-22H,12-15H2,1-2H3/t18-,19-,21-,22+/m1/s1. The molecule has 1 aliphatic carbocycles. The third kappa shape index (κ3) is 3.15. The molecule has 0 spiro atoms. The molecule has 0 unspecified atom stereocenters. The van der Waals surface area contributed by atoms with Gasteiger partial charge in [-0.2, -0.15) is 0 Å². The molecule has 2 heterocycles. The van der Waals surface area contributed by atoms with Crippen LogP contribution in [0.15, 0.2) is 54.6 Å². The fourth-order valence-electron chi connectivity index (χ4n) is 5.00. The lowest BCUT2D eigenvalue weighted by Gasteiger charge is -2.36. The largest absolute Gasteiger partial charge is 0.373 e. The van der Waals surface area contributed by atoms with Gasteiger partial charge in [0.25, 0.3) is 0 Å². The lowest BCUT2D eigenvalue weighted by Crippen LogP contribution is -2.48. The first-order valence-corrected chi connectivity index (χ1v) is 10.3. The smallest absolute Gasteiger partial charge is 0.228 e. The van der Waals surface area contributed by atoms with Crippen molar-refractivity contribution in [2.75, 3.05) is 6.61 Å². The SMILES string of the molecule is CC1(C)O[C@@H]2Cc3ccccc3[C@@H]2N1C(=O)[C@H](Cc1ccccc1)C[C@@H]1CO1. The maximum absolute atomic E-state index is 13.9. The van der Waals surface area contributed by atoms with Crippen LogP contribution in [0.3, 0.4) is 0 Å². The maximum atomic E-state index is 13.9. The van der Waals surface area contributed by atoms with Gasteiger partial charge in [0.15, 0.2) is 0 Å². The summed E-state index contributed by atoms with van der Waals surface area (Å²) in [6.45, 7) is 4.82. The van der Waals surface area contributed by atoms with Crippen molar-refractivity contribution in [2.45, 2.75) is 57.1 Å². The number of ether oxygens (including phenoxy) is 2. The van der Waals surface area contributed by atoms with E-state index in [-0.39, 0.29) is 30.1 Å². The Labute approximate surface area is 166 Å². The molecule has 28 heavy (non-hydrogen) atoms. The van der Waals surface area contributed by atoms with Crippen LogP contribution in [0.25, 0.3) is 0 Å². The van der Waals surface area contributed by atoms with Crippen LogP contribution in [-0.4, -0.2) is 35.3 Å². The second-order valence-corrected chi connectivity index (χ2v) is 8.74. The Balaban J connectivity index is 1.46. The second kappa shape index (κ2) is 6.71. The highest BCUT2D eigenvalue weighted by molar-refractivity contribution is 5.81. The van der Waals surface area contributed by atoms with E-state index in [9.17, 15) is 4.79 Å². The first-order valence-electron chi connectivity index (χ1n) is 10.3. The average molecular weight is 377 g/mol. The number of carbonyl (C=O) groups is 1. The number of nitrogens with zero attached hydrogens (tertiary/aromatic N) is 1. The van der Waals surface area contributed by atoms with Crippen molar-refractivity contribution in [3.05, 3.63) is 71.3 Å². The molecule has 1 amide bonds. The Morgan fingerprint density at radius 1 is 1.14 bits per heavy atom. The predicted octanol–water partition coefficient (Wildman–Crippen LogP) is 3.90. The van der Waals surface area contributed by atoms with Gasteiger partial charge in [-0.15, -0.1) is 0 Å². The fraction of sp³-hybridized carbons (Fsp3) is 0.458. The van der Waals surface area contributed by atoms with Crippen LogP contribution in [0.1, 0.15) is 43.0 Å². The van der Waals surface area contributed by atoms with E-state index in [4.69, 9.17) is 9.47 Å². The van der Waals surface area contributed by atoms with Crippen LogP contribution >= 0.6 is 0 Å². The molecular weight excluding hydrogens is 350 g/mol. The monoisotopic (exact) mass is 377 g/mol. The minimum absolute atomic E-state index is 0.0112. The van der Waals surface area contributed by atoms with Gasteiger partial charge in [0, 0.05) is 12.3 Å². The van der Waals surface area contributed by atoms with E-state index in [1.54, 1.807) is 0 Å². The number of fused-ring (bicyclic) bond motifs is 3. The van der Waals surface area contributed by atoms with Gasteiger partial charge >= 0.3 is 0 Å². The van der Waals surface area contributed by atoms with Crippen molar-refractivity contribution in [3.8, 4) is 0 Å². The fourth-order valence-corrected chi connectivity index (χ4v) is 5.00. The third-order valence-corrected chi connectivity index (χ3v) is 6.31.